The molecule has 0 fully saturated rings. The maximum absolute atomic E-state index is 12.9. The molecule has 0 spiro atoms. The zero-order valence-corrected chi connectivity index (χ0v) is 17.5. The Morgan fingerprint density at radius 1 is 1.17 bits per heavy atom. The van der Waals surface area contributed by atoms with Crippen molar-refractivity contribution in [2.45, 2.75) is 39.5 Å². The maximum atomic E-state index is 12.9. The van der Waals surface area contributed by atoms with Crippen molar-refractivity contribution in [2.24, 2.45) is 0 Å². The monoisotopic (exact) mass is 411 g/mol. The fourth-order valence-corrected chi connectivity index (χ4v) is 3.50. The van der Waals surface area contributed by atoms with Crippen LogP contribution in [-0.4, -0.2) is 29.9 Å². The Bertz CT molecular complexity index is 974. The lowest BCUT2D eigenvalue weighted by Gasteiger charge is -2.29. The van der Waals surface area contributed by atoms with Gasteiger partial charge in [-0.3, -0.25) is 24.6 Å². The van der Waals surface area contributed by atoms with Crippen LogP contribution in [0.1, 0.15) is 50.7 Å². The first-order valence-corrected chi connectivity index (χ1v) is 9.83. The molecule has 158 valence electrons. The number of carbonyl (C=O) groups is 2. The van der Waals surface area contributed by atoms with Gasteiger partial charge in [0, 0.05) is 17.8 Å². The SMILES string of the molecule is CC(C)c1cccc(C(C)C)c1NC(=O)CN1C(=O)COc2ccc([N+](=O)[O-])cc21. The fraction of sp³-hybridized carbons (Fsp3) is 0.364. The smallest absolute Gasteiger partial charge is 0.271 e. The Morgan fingerprint density at radius 3 is 2.37 bits per heavy atom. The summed E-state index contributed by atoms with van der Waals surface area (Å²) >= 11 is 0. The molecule has 0 saturated heterocycles. The molecule has 1 heterocycles. The van der Waals surface area contributed by atoms with Gasteiger partial charge in [0.05, 0.1) is 10.6 Å². The van der Waals surface area contributed by atoms with Gasteiger partial charge >= 0.3 is 0 Å². The van der Waals surface area contributed by atoms with Gasteiger partial charge in [-0.05, 0) is 29.0 Å². The molecule has 0 bridgehead atoms. The van der Waals surface area contributed by atoms with Crippen molar-refractivity contribution >= 4 is 28.9 Å². The lowest BCUT2D eigenvalue weighted by atomic mass is 9.92. The third kappa shape index (κ3) is 4.27. The largest absolute Gasteiger partial charge is 0.482 e. The Balaban J connectivity index is 1.90. The number of ether oxygens (including phenoxy) is 1. The van der Waals surface area contributed by atoms with E-state index in [0.29, 0.717) is 5.75 Å². The van der Waals surface area contributed by atoms with Crippen molar-refractivity contribution in [1.29, 1.82) is 0 Å². The van der Waals surface area contributed by atoms with Gasteiger partial charge in [-0.2, -0.15) is 0 Å². The van der Waals surface area contributed by atoms with Crippen LogP contribution >= 0.6 is 0 Å². The number of benzene rings is 2. The second-order valence-corrected chi connectivity index (χ2v) is 7.85. The highest BCUT2D eigenvalue weighted by molar-refractivity contribution is 6.05. The molecule has 2 aromatic rings. The highest BCUT2D eigenvalue weighted by atomic mass is 16.6. The predicted octanol–water partition coefficient (Wildman–Crippen LogP) is 4.21. The molecule has 0 atom stereocenters. The van der Waals surface area contributed by atoms with Crippen molar-refractivity contribution < 1.29 is 19.2 Å². The number of nitrogens with zero attached hydrogens (tertiary/aromatic N) is 2. The van der Waals surface area contributed by atoms with E-state index in [1.165, 1.54) is 23.1 Å². The molecule has 2 amide bonds. The normalized spacial score (nSPS) is 13.3. The van der Waals surface area contributed by atoms with Crippen LogP contribution in [-0.2, 0) is 9.59 Å². The van der Waals surface area contributed by atoms with Crippen LogP contribution in [0.3, 0.4) is 0 Å². The highest BCUT2D eigenvalue weighted by Gasteiger charge is 2.29. The van der Waals surface area contributed by atoms with Gasteiger partial charge in [-0.1, -0.05) is 45.9 Å². The molecule has 0 unspecified atom stereocenters. The molecule has 0 aromatic heterocycles. The number of carbonyl (C=O) groups excluding carboxylic acids is 2. The van der Waals surface area contributed by atoms with Gasteiger partial charge in [0.1, 0.15) is 12.3 Å². The van der Waals surface area contributed by atoms with Gasteiger partial charge in [0.25, 0.3) is 11.6 Å². The summed E-state index contributed by atoms with van der Waals surface area (Å²) in [5.74, 6) is -0.0738. The second kappa shape index (κ2) is 8.52. The third-order valence-corrected chi connectivity index (χ3v) is 5.04. The van der Waals surface area contributed by atoms with Gasteiger partial charge in [0.2, 0.25) is 5.91 Å². The maximum Gasteiger partial charge on any atom is 0.271 e. The average Bonchev–Trinajstić information content (AvgIpc) is 2.69. The van der Waals surface area contributed by atoms with Crippen molar-refractivity contribution in [3.8, 4) is 5.75 Å². The summed E-state index contributed by atoms with van der Waals surface area (Å²) in [6, 6.07) is 9.92. The Kier molecular flexibility index (Phi) is 6.05. The standard InChI is InChI=1S/C22H25N3O5/c1-13(2)16-6-5-7-17(14(3)4)22(16)23-20(26)11-24-18-10-15(25(28)29)8-9-19(18)30-12-21(24)27/h5-10,13-14H,11-12H2,1-4H3,(H,23,26). The molecular formula is C22H25N3O5. The first-order valence-electron chi connectivity index (χ1n) is 9.83. The lowest BCUT2D eigenvalue weighted by Crippen LogP contribution is -2.43. The average molecular weight is 411 g/mol. The van der Waals surface area contributed by atoms with Crippen molar-refractivity contribution in [3.05, 3.63) is 57.6 Å². The van der Waals surface area contributed by atoms with E-state index in [2.05, 4.69) is 33.0 Å². The summed E-state index contributed by atoms with van der Waals surface area (Å²) in [7, 11) is 0. The van der Waals surface area contributed by atoms with E-state index in [1.807, 2.05) is 18.2 Å². The predicted molar refractivity (Wildman–Crippen MR) is 114 cm³/mol. The number of anilines is 2. The zero-order chi connectivity index (χ0) is 22.0. The number of nitro benzene ring substituents is 1. The van der Waals surface area contributed by atoms with Gasteiger partial charge in [0.15, 0.2) is 6.61 Å². The van der Waals surface area contributed by atoms with Crippen molar-refractivity contribution in [2.75, 3.05) is 23.4 Å². The van der Waals surface area contributed by atoms with Crippen LogP contribution in [0.5, 0.6) is 5.75 Å². The van der Waals surface area contributed by atoms with E-state index in [0.717, 1.165) is 16.8 Å². The molecule has 1 aliphatic rings. The summed E-state index contributed by atoms with van der Waals surface area (Å²) in [5.41, 5.74) is 2.83. The second-order valence-electron chi connectivity index (χ2n) is 7.85. The van der Waals surface area contributed by atoms with Crippen LogP contribution in [0.15, 0.2) is 36.4 Å². The van der Waals surface area contributed by atoms with E-state index in [9.17, 15) is 19.7 Å². The molecular weight excluding hydrogens is 386 g/mol. The minimum absolute atomic E-state index is 0.176. The molecule has 1 N–H and O–H groups in total. The van der Waals surface area contributed by atoms with Crippen LogP contribution in [0, 0.1) is 10.1 Å². The van der Waals surface area contributed by atoms with Crippen LogP contribution in [0.25, 0.3) is 0 Å². The molecule has 8 heteroatoms. The zero-order valence-electron chi connectivity index (χ0n) is 17.5. The van der Waals surface area contributed by atoms with E-state index in [4.69, 9.17) is 4.74 Å². The molecule has 3 rings (SSSR count). The number of rotatable bonds is 6. The molecule has 30 heavy (non-hydrogen) atoms. The van der Waals surface area contributed by atoms with Gasteiger partial charge < -0.3 is 10.1 Å². The van der Waals surface area contributed by atoms with Crippen molar-refractivity contribution in [3.63, 3.8) is 0 Å². The van der Waals surface area contributed by atoms with E-state index in [-0.39, 0.29) is 42.3 Å². The highest BCUT2D eigenvalue weighted by Crippen LogP contribution is 2.36. The van der Waals surface area contributed by atoms with Crippen LogP contribution in [0.2, 0.25) is 0 Å². The quantitative estimate of drug-likeness (QED) is 0.567. The van der Waals surface area contributed by atoms with Crippen molar-refractivity contribution in [1.82, 2.24) is 0 Å². The molecule has 0 saturated carbocycles. The summed E-state index contributed by atoms with van der Waals surface area (Å²) in [6.45, 7) is 7.72. The van der Waals surface area contributed by atoms with Crippen LogP contribution in [0.4, 0.5) is 17.1 Å². The number of nitro groups is 1. The Hall–Kier alpha value is -3.42. The summed E-state index contributed by atoms with van der Waals surface area (Å²) in [6.07, 6.45) is 0. The Labute approximate surface area is 175 Å². The molecule has 1 aliphatic heterocycles. The summed E-state index contributed by atoms with van der Waals surface area (Å²) in [5, 5.41) is 14.1. The number of nitrogens with one attached hydrogen (secondary N) is 1. The van der Waals surface area contributed by atoms with Crippen LogP contribution < -0.4 is 15.0 Å². The summed E-state index contributed by atoms with van der Waals surface area (Å²) in [4.78, 5) is 37.2. The van der Waals surface area contributed by atoms with E-state index >= 15 is 0 Å². The molecule has 2 aromatic carbocycles. The summed E-state index contributed by atoms with van der Waals surface area (Å²) < 4.78 is 5.36. The topological polar surface area (TPSA) is 102 Å². The lowest BCUT2D eigenvalue weighted by molar-refractivity contribution is -0.384. The number of hydrogen-bond acceptors (Lipinski definition) is 5. The first kappa shape index (κ1) is 21.3. The number of hydrogen-bond donors (Lipinski definition) is 1. The van der Waals surface area contributed by atoms with E-state index < -0.39 is 10.8 Å². The number of amides is 2. The number of fused-ring (bicyclic) bond motifs is 1. The minimum Gasteiger partial charge on any atom is -0.482 e. The minimum atomic E-state index is -0.550. The van der Waals surface area contributed by atoms with Gasteiger partial charge in [-0.15, -0.1) is 0 Å². The van der Waals surface area contributed by atoms with Gasteiger partial charge in [-0.25, -0.2) is 0 Å². The number of para-hydroxylation sites is 1. The third-order valence-electron chi connectivity index (χ3n) is 5.04. The first-order chi connectivity index (χ1) is 14.2. The van der Waals surface area contributed by atoms with E-state index in [1.54, 1.807) is 0 Å². The number of non-ortho nitro benzene ring substituents is 1. The Morgan fingerprint density at radius 2 is 1.80 bits per heavy atom. The molecule has 0 radical (unpaired) electrons. The molecule has 8 nitrogen and oxygen atoms in total. The fourth-order valence-electron chi connectivity index (χ4n) is 3.50. The molecule has 0 aliphatic carbocycles.